The fourth-order valence-electron chi connectivity index (χ4n) is 0.703. The maximum absolute atomic E-state index is 9.96. The molecule has 0 radical (unpaired) electrons. The van der Waals surface area contributed by atoms with E-state index in [1.54, 1.807) is 0 Å². The van der Waals surface area contributed by atoms with Crippen molar-refractivity contribution in [1.29, 1.82) is 21.6 Å². The van der Waals surface area contributed by atoms with Crippen LogP contribution in [0.1, 0.15) is 39.0 Å². The molecule has 0 aliphatic rings. The minimum absolute atomic E-state index is 0.333. The first-order valence-electron chi connectivity index (χ1n) is 5.30. The topological polar surface area (TPSA) is 201 Å². The number of rotatable bonds is 5. The molecule has 0 aromatic heterocycles. The zero-order valence-electron chi connectivity index (χ0n) is 11.5. The molecule has 21 heavy (non-hydrogen) atoms. The lowest BCUT2D eigenvalue weighted by molar-refractivity contribution is -0.137. The monoisotopic (exact) mass is 302 g/mol. The number of carbonyl (C=O) groups excluding carboxylic acids is 4. The maximum Gasteiger partial charge on any atom is 0.303 e. The molecule has 5 N–H and O–H groups in total. The second kappa shape index (κ2) is 53.7. The number of unbranched alkanes of at least 4 members (excludes halogenated alkanes) is 3. The van der Waals surface area contributed by atoms with Gasteiger partial charge in [-0.05, 0) is 6.42 Å². The van der Waals surface area contributed by atoms with Gasteiger partial charge in [-0.1, -0.05) is 26.2 Å². The lowest BCUT2D eigenvalue weighted by Crippen LogP contribution is -1.92. The van der Waals surface area contributed by atoms with Crippen molar-refractivity contribution < 1.29 is 29.1 Å². The average molecular weight is 302 g/mol. The van der Waals surface area contributed by atoms with Crippen molar-refractivity contribution in [3.05, 3.63) is 0 Å². The Balaban J connectivity index is -0.0000000593. The molecular weight excluding hydrogens is 284 g/mol. The summed E-state index contributed by atoms with van der Waals surface area (Å²) in [5.41, 5.74) is 0. The van der Waals surface area contributed by atoms with E-state index in [4.69, 9.17) is 45.9 Å². The Hall–Kier alpha value is -3.01. The van der Waals surface area contributed by atoms with E-state index in [1.165, 1.54) is 6.42 Å². The van der Waals surface area contributed by atoms with Crippen LogP contribution in [0.15, 0.2) is 0 Å². The van der Waals surface area contributed by atoms with Gasteiger partial charge in [0.25, 0.3) is 0 Å². The Labute approximate surface area is 121 Å². The van der Waals surface area contributed by atoms with E-state index in [-0.39, 0.29) is 0 Å². The van der Waals surface area contributed by atoms with Crippen LogP contribution < -0.4 is 0 Å². The van der Waals surface area contributed by atoms with Gasteiger partial charge in [0.2, 0.25) is 24.3 Å². The highest BCUT2D eigenvalue weighted by Gasteiger charge is 1.93. The van der Waals surface area contributed by atoms with E-state index in [0.29, 0.717) is 6.42 Å². The highest BCUT2D eigenvalue weighted by atomic mass is 16.4. The summed E-state index contributed by atoms with van der Waals surface area (Å²) in [6.45, 7) is 2.11. The Morgan fingerprint density at radius 2 is 1.10 bits per heavy atom. The zero-order valence-corrected chi connectivity index (χ0v) is 11.5. The third-order valence-electron chi connectivity index (χ3n) is 1.24. The molecule has 0 aliphatic heterocycles. The largest absolute Gasteiger partial charge is 0.481 e. The number of hydrogen-bond acceptors (Lipinski definition) is 9. The molecule has 0 aromatic carbocycles. The summed E-state index contributed by atoms with van der Waals surface area (Å²) in [7, 11) is 0. The van der Waals surface area contributed by atoms with Crippen LogP contribution in [0.25, 0.3) is 0 Å². The van der Waals surface area contributed by atoms with Crippen molar-refractivity contribution in [3.8, 4) is 0 Å². The smallest absolute Gasteiger partial charge is 0.303 e. The number of carbonyl (C=O) groups is 1. The van der Waals surface area contributed by atoms with E-state index >= 15 is 0 Å². The van der Waals surface area contributed by atoms with Gasteiger partial charge in [0.05, 0.1) is 0 Å². The lowest BCUT2D eigenvalue weighted by Gasteiger charge is -1.92. The van der Waals surface area contributed by atoms with Crippen LogP contribution in [0.5, 0.6) is 0 Å². The Morgan fingerprint density at radius 1 is 0.810 bits per heavy atom. The fourth-order valence-corrected chi connectivity index (χ4v) is 0.703. The molecule has 0 aromatic rings. The molecule has 0 atom stereocenters. The molecule has 0 saturated heterocycles. The third kappa shape index (κ3) is 427. The average Bonchev–Trinajstić information content (AvgIpc) is 2.38. The Morgan fingerprint density at radius 3 is 1.29 bits per heavy atom. The Kier molecular flexibility index (Phi) is 78.8. The summed E-state index contributed by atoms with van der Waals surface area (Å²) < 4.78 is 0. The molecule has 0 aliphatic carbocycles. The van der Waals surface area contributed by atoms with Gasteiger partial charge in [-0.15, -0.1) is 0 Å². The minimum atomic E-state index is -0.675. The summed E-state index contributed by atoms with van der Waals surface area (Å²) in [6.07, 6.45) is 7.55. The molecule has 0 saturated carbocycles. The molecule has 10 nitrogen and oxygen atoms in total. The normalized spacial score (nSPS) is 5.57. The first-order chi connectivity index (χ1) is 9.93. The van der Waals surface area contributed by atoms with Crippen LogP contribution in [0, 0.1) is 21.6 Å². The van der Waals surface area contributed by atoms with Crippen molar-refractivity contribution in [1.82, 2.24) is 0 Å². The number of hydrogen-bond donors (Lipinski definition) is 5. The maximum atomic E-state index is 9.96. The number of nitrogens with one attached hydrogen (secondary N) is 4. The second-order valence-electron chi connectivity index (χ2n) is 2.61. The van der Waals surface area contributed by atoms with E-state index in [1.807, 2.05) is 0 Å². The highest BCUT2D eigenvalue weighted by Crippen LogP contribution is 2.01. The molecule has 0 heterocycles. The van der Waals surface area contributed by atoms with Gasteiger partial charge < -0.3 is 5.11 Å². The Bertz CT molecular complexity index is 298. The van der Waals surface area contributed by atoms with Crippen molar-refractivity contribution in [2.75, 3.05) is 0 Å². The van der Waals surface area contributed by atoms with Crippen molar-refractivity contribution in [2.45, 2.75) is 39.0 Å². The van der Waals surface area contributed by atoms with Crippen molar-refractivity contribution in [3.63, 3.8) is 0 Å². The molecule has 118 valence electrons. The zero-order chi connectivity index (χ0) is 17.9. The van der Waals surface area contributed by atoms with E-state index in [2.05, 4.69) is 6.92 Å². The van der Waals surface area contributed by atoms with Gasteiger partial charge in [-0.3, -0.25) is 4.79 Å². The molecule has 0 amide bonds. The number of carboxylic acid groups (broad SMARTS) is 1. The standard InChI is InChI=1S/C7H14O2.4CHNO/c1-2-3-4-5-6-7(8)9;4*2-1-3/h2-6H2,1H3,(H,8,9);4*2H. The van der Waals surface area contributed by atoms with Crippen LogP contribution in [-0.2, 0) is 24.0 Å². The van der Waals surface area contributed by atoms with Gasteiger partial charge in [0.15, 0.2) is 0 Å². The van der Waals surface area contributed by atoms with Crippen LogP contribution in [-0.4, -0.2) is 35.4 Å². The predicted molar refractivity (Wildman–Crippen MR) is 70.0 cm³/mol. The fraction of sp³-hybridized carbons (Fsp3) is 0.545. The quantitative estimate of drug-likeness (QED) is 0.290. The summed E-state index contributed by atoms with van der Waals surface area (Å²) in [5, 5.41) is 29.8. The van der Waals surface area contributed by atoms with Crippen molar-refractivity contribution in [2.24, 2.45) is 0 Å². The molecule has 0 bridgehead atoms. The molecule has 10 heteroatoms. The van der Waals surface area contributed by atoms with Crippen LogP contribution in [0.4, 0.5) is 0 Å². The van der Waals surface area contributed by atoms with Gasteiger partial charge in [0.1, 0.15) is 0 Å². The lowest BCUT2D eigenvalue weighted by atomic mass is 10.2. The van der Waals surface area contributed by atoms with Crippen LogP contribution in [0.3, 0.4) is 0 Å². The summed E-state index contributed by atoms with van der Waals surface area (Å²) >= 11 is 0. The predicted octanol–water partition coefficient (Wildman–Crippen LogP) is 1.65. The molecule has 0 spiro atoms. The van der Waals surface area contributed by atoms with E-state index in [9.17, 15) is 4.79 Å². The molecule has 0 unspecified atom stereocenters. The van der Waals surface area contributed by atoms with Gasteiger partial charge in [0, 0.05) is 6.42 Å². The number of aliphatic carboxylic acids is 1. The van der Waals surface area contributed by atoms with Gasteiger partial charge in [-0.25, -0.2) is 40.8 Å². The van der Waals surface area contributed by atoms with Crippen LogP contribution in [0.2, 0.25) is 0 Å². The third-order valence-corrected chi connectivity index (χ3v) is 1.24. The van der Waals surface area contributed by atoms with Crippen molar-refractivity contribution >= 4 is 30.3 Å². The number of carboxylic acids is 1. The summed E-state index contributed by atoms with van der Waals surface area (Å²) in [4.78, 5) is 43.4. The number of isocyanates is 4. The summed E-state index contributed by atoms with van der Waals surface area (Å²) in [5.74, 6) is -0.675. The van der Waals surface area contributed by atoms with Crippen LogP contribution >= 0.6 is 0 Å². The molecule has 0 fully saturated rings. The molecular formula is C11H18N4O6. The SMILES string of the molecule is CCCCCCC(=O)O.N=C=O.N=C=O.N=C=O.N=C=O. The highest BCUT2D eigenvalue weighted by molar-refractivity contribution is 5.66. The first-order valence-corrected chi connectivity index (χ1v) is 5.30. The second-order valence-corrected chi connectivity index (χ2v) is 2.61. The minimum Gasteiger partial charge on any atom is -0.481 e. The van der Waals surface area contributed by atoms with Gasteiger partial charge in [-0.2, -0.15) is 0 Å². The molecule has 0 rings (SSSR count). The summed E-state index contributed by atoms with van der Waals surface area (Å²) in [6, 6.07) is 0. The van der Waals surface area contributed by atoms with E-state index in [0.717, 1.165) is 43.6 Å². The first kappa shape index (κ1) is 30.8. The van der Waals surface area contributed by atoms with Gasteiger partial charge >= 0.3 is 5.97 Å². The van der Waals surface area contributed by atoms with E-state index < -0.39 is 5.97 Å².